The molecule has 0 N–H and O–H groups in total. The lowest BCUT2D eigenvalue weighted by Gasteiger charge is -2.02. The summed E-state index contributed by atoms with van der Waals surface area (Å²) < 4.78 is 1.02. The van der Waals surface area contributed by atoms with Gasteiger partial charge >= 0.3 is 11.8 Å². The van der Waals surface area contributed by atoms with Crippen molar-refractivity contribution in [2.45, 2.75) is 0 Å². The molecule has 0 atom stereocenters. The van der Waals surface area contributed by atoms with Crippen LogP contribution in [0.1, 0.15) is 20.8 Å². The molecule has 0 unspecified atom stereocenters. The molecule has 0 aromatic carbocycles. The Balaban J connectivity index is 2.69. The zero-order valence-corrected chi connectivity index (χ0v) is 6.89. The van der Waals surface area contributed by atoms with E-state index in [4.69, 9.17) is 0 Å². The second kappa shape index (κ2) is 2.55. The molecule has 1 aromatic rings. The van der Waals surface area contributed by atoms with Gasteiger partial charge in [0.25, 0.3) is 0 Å². The predicted molar refractivity (Wildman–Crippen MR) is 41.5 cm³/mol. The van der Waals surface area contributed by atoms with Gasteiger partial charge in [-0.3, -0.25) is 4.79 Å². The van der Waals surface area contributed by atoms with Crippen LogP contribution in [-0.4, -0.2) is 28.5 Å². The highest BCUT2D eigenvalue weighted by molar-refractivity contribution is 6.05. The van der Waals surface area contributed by atoms with Crippen molar-refractivity contribution >= 4 is 11.8 Å². The highest BCUT2D eigenvalue weighted by atomic mass is 16.2. The zero-order valence-electron chi connectivity index (χ0n) is 6.89. The molecule has 2 heterocycles. The van der Waals surface area contributed by atoms with Gasteiger partial charge in [0.15, 0.2) is 12.7 Å². The molecule has 0 fully saturated rings. The Labute approximate surface area is 73.7 Å². The fourth-order valence-corrected chi connectivity index (χ4v) is 1.15. The van der Waals surface area contributed by atoms with Gasteiger partial charge in [0.1, 0.15) is 5.56 Å². The van der Waals surface area contributed by atoms with Gasteiger partial charge in [0.2, 0.25) is 0 Å². The highest BCUT2D eigenvalue weighted by Gasteiger charge is 2.32. The summed E-state index contributed by atoms with van der Waals surface area (Å²) in [7, 11) is 1.44. The monoisotopic (exact) mass is 176 g/mol. The van der Waals surface area contributed by atoms with Gasteiger partial charge in [0, 0.05) is 11.3 Å². The smallest absolute Gasteiger partial charge is 0.259 e. The van der Waals surface area contributed by atoms with Crippen molar-refractivity contribution < 1.29 is 14.3 Å². The molecule has 2 rings (SSSR count). The third-order valence-corrected chi connectivity index (χ3v) is 1.78. The first-order chi connectivity index (χ1) is 6.20. The summed E-state index contributed by atoms with van der Waals surface area (Å²) in [6.45, 7) is 0. The van der Waals surface area contributed by atoms with Crippen LogP contribution in [-0.2, 0) is 0 Å². The summed E-state index contributed by atoms with van der Waals surface area (Å²) in [5.41, 5.74) is 0.440. The number of hydrogen-bond acceptors (Lipinski definition) is 3. The van der Waals surface area contributed by atoms with Crippen molar-refractivity contribution in [1.29, 1.82) is 0 Å². The number of rotatable bonds is 0. The first kappa shape index (κ1) is 7.72. The van der Waals surface area contributed by atoms with Gasteiger partial charge in [-0.1, -0.05) is 0 Å². The highest BCUT2D eigenvalue weighted by Crippen LogP contribution is 2.12. The van der Waals surface area contributed by atoms with Crippen molar-refractivity contribution in [3.05, 3.63) is 29.6 Å². The molecular formula is C8H6N3O2+. The van der Waals surface area contributed by atoms with Crippen molar-refractivity contribution in [3.8, 4) is 0 Å². The molecule has 1 aliphatic heterocycles. The van der Waals surface area contributed by atoms with E-state index in [0.717, 1.165) is 4.70 Å². The number of amides is 2. The average Bonchev–Trinajstić information content (AvgIpc) is 2.15. The van der Waals surface area contributed by atoms with Crippen LogP contribution in [0, 0.1) is 0 Å². The maximum Gasteiger partial charge on any atom is 0.446 e. The van der Waals surface area contributed by atoms with Crippen molar-refractivity contribution in [2.24, 2.45) is 5.11 Å². The Morgan fingerprint density at radius 1 is 1.38 bits per heavy atom. The van der Waals surface area contributed by atoms with Crippen LogP contribution in [0.4, 0.5) is 0 Å². The third-order valence-electron chi connectivity index (χ3n) is 1.78. The van der Waals surface area contributed by atoms with Crippen LogP contribution in [0.25, 0.3) is 0 Å². The Kier molecular flexibility index (Phi) is 1.51. The second-order valence-corrected chi connectivity index (χ2v) is 2.63. The number of carbonyl (C=O) groups is 2. The van der Waals surface area contributed by atoms with Crippen LogP contribution in [0.15, 0.2) is 23.4 Å². The Bertz CT molecular complexity index is 437. The number of fused-ring (bicyclic) bond motifs is 1. The molecular weight excluding hydrogens is 170 g/mol. The van der Waals surface area contributed by atoms with E-state index in [0.29, 0.717) is 5.56 Å². The predicted octanol–water partition coefficient (Wildman–Crippen LogP) is 0.470. The SMILES string of the molecule is C[N+]1=NC(=O)c2ncccc2C1=O. The largest absolute Gasteiger partial charge is 0.446 e. The number of azo groups is 2. The molecule has 0 aliphatic carbocycles. The van der Waals surface area contributed by atoms with E-state index in [1.165, 1.54) is 13.2 Å². The van der Waals surface area contributed by atoms with E-state index < -0.39 is 5.91 Å². The van der Waals surface area contributed by atoms with Crippen LogP contribution in [0.5, 0.6) is 0 Å². The third kappa shape index (κ3) is 1.05. The summed E-state index contributed by atoms with van der Waals surface area (Å²) in [5, 5.41) is 3.49. The van der Waals surface area contributed by atoms with Gasteiger partial charge < -0.3 is 0 Å². The van der Waals surface area contributed by atoms with Gasteiger partial charge in [-0.05, 0) is 16.8 Å². The summed E-state index contributed by atoms with van der Waals surface area (Å²) >= 11 is 0. The fraction of sp³-hybridized carbons (Fsp3) is 0.125. The van der Waals surface area contributed by atoms with Gasteiger partial charge in [-0.2, -0.15) is 0 Å². The average molecular weight is 176 g/mol. The number of nitrogens with zero attached hydrogens (tertiary/aromatic N) is 3. The molecule has 64 valence electrons. The molecule has 0 bridgehead atoms. The number of hydrogen-bond donors (Lipinski definition) is 0. The molecule has 5 heteroatoms. The number of carbonyl (C=O) groups excluding carboxylic acids is 2. The fourth-order valence-electron chi connectivity index (χ4n) is 1.15. The van der Waals surface area contributed by atoms with E-state index >= 15 is 0 Å². The molecule has 0 saturated carbocycles. The lowest BCUT2D eigenvalue weighted by atomic mass is 10.1. The number of aromatic nitrogens is 1. The summed E-state index contributed by atoms with van der Waals surface area (Å²) in [6.07, 6.45) is 1.46. The van der Waals surface area contributed by atoms with Gasteiger partial charge in [0.05, 0.1) is 0 Å². The lowest BCUT2D eigenvalue weighted by Crippen LogP contribution is -2.25. The maximum absolute atomic E-state index is 11.4. The molecule has 13 heavy (non-hydrogen) atoms. The van der Waals surface area contributed by atoms with Crippen molar-refractivity contribution in [2.75, 3.05) is 7.05 Å². The molecule has 1 aromatic heterocycles. The van der Waals surface area contributed by atoms with E-state index in [1.54, 1.807) is 12.1 Å². The number of pyridine rings is 1. The maximum atomic E-state index is 11.4. The molecule has 1 aliphatic rings. The van der Waals surface area contributed by atoms with Crippen LogP contribution in [0.2, 0.25) is 0 Å². The quantitative estimate of drug-likeness (QED) is 0.540. The molecule has 0 spiro atoms. The van der Waals surface area contributed by atoms with Crippen molar-refractivity contribution in [3.63, 3.8) is 0 Å². The minimum absolute atomic E-state index is 0.130. The Hall–Kier alpha value is -1.91. The summed E-state index contributed by atoms with van der Waals surface area (Å²) in [5.74, 6) is -0.777. The minimum atomic E-state index is -0.474. The normalized spacial score (nSPS) is 15.3. The molecule has 2 amide bonds. The van der Waals surface area contributed by atoms with E-state index in [9.17, 15) is 9.59 Å². The first-order valence-corrected chi connectivity index (χ1v) is 3.69. The molecule has 0 saturated heterocycles. The van der Waals surface area contributed by atoms with Gasteiger partial charge in [-0.25, -0.2) is 9.78 Å². The Morgan fingerprint density at radius 2 is 2.15 bits per heavy atom. The van der Waals surface area contributed by atoms with Crippen LogP contribution >= 0.6 is 0 Å². The van der Waals surface area contributed by atoms with Gasteiger partial charge in [-0.15, -0.1) is 0 Å². The summed E-state index contributed by atoms with van der Waals surface area (Å²) in [4.78, 5) is 26.4. The second-order valence-electron chi connectivity index (χ2n) is 2.63. The lowest BCUT2D eigenvalue weighted by molar-refractivity contribution is -0.463. The van der Waals surface area contributed by atoms with E-state index in [2.05, 4.69) is 10.1 Å². The molecule has 5 nitrogen and oxygen atoms in total. The Morgan fingerprint density at radius 3 is 2.92 bits per heavy atom. The first-order valence-electron chi connectivity index (χ1n) is 3.69. The van der Waals surface area contributed by atoms with E-state index in [1.807, 2.05) is 0 Å². The van der Waals surface area contributed by atoms with E-state index in [-0.39, 0.29) is 11.6 Å². The van der Waals surface area contributed by atoms with Crippen LogP contribution in [0.3, 0.4) is 0 Å². The topological polar surface area (TPSA) is 62.4 Å². The zero-order chi connectivity index (χ0) is 9.42. The standard InChI is InChI=1S/C8H6N3O2/c1-11-8(13)5-3-2-4-9-6(5)7(12)10-11/h2-4H,1H3/q+1. The summed E-state index contributed by atoms with van der Waals surface area (Å²) in [6, 6.07) is 3.18. The molecule has 0 radical (unpaired) electrons. The minimum Gasteiger partial charge on any atom is -0.259 e. The van der Waals surface area contributed by atoms with Crippen LogP contribution < -0.4 is 0 Å². The van der Waals surface area contributed by atoms with Crippen molar-refractivity contribution in [1.82, 2.24) is 4.98 Å².